The summed E-state index contributed by atoms with van der Waals surface area (Å²) in [5.41, 5.74) is 1.90. The van der Waals surface area contributed by atoms with Crippen molar-refractivity contribution in [1.82, 2.24) is 9.97 Å². The number of fused-ring (bicyclic) bond motifs is 1. The highest BCUT2D eigenvalue weighted by Crippen LogP contribution is 2.04. The molecule has 0 spiro atoms. The standard InChI is InChI=1S/C8H6N2.C5H8/c1-2-4-8-7(3-1)9-5-6-10-8;1-3-5-4-2/h1-6H;3-5H,1H2,2H3. The third-order valence-corrected chi connectivity index (χ3v) is 1.70. The highest BCUT2D eigenvalue weighted by molar-refractivity contribution is 5.72. The average Bonchev–Trinajstić information content (AvgIpc) is 2.31. The van der Waals surface area contributed by atoms with Gasteiger partial charge in [-0.2, -0.15) is 0 Å². The summed E-state index contributed by atoms with van der Waals surface area (Å²) >= 11 is 0. The number of hydrogen-bond donors (Lipinski definition) is 0. The zero-order chi connectivity index (χ0) is 10.9. The second-order valence-corrected chi connectivity index (χ2v) is 2.81. The van der Waals surface area contributed by atoms with Gasteiger partial charge in [0.1, 0.15) is 0 Å². The summed E-state index contributed by atoms with van der Waals surface area (Å²) in [6.45, 7) is 5.42. The smallest absolute Gasteiger partial charge is 0.0886 e. The molecule has 2 nitrogen and oxygen atoms in total. The highest BCUT2D eigenvalue weighted by atomic mass is 14.8. The summed E-state index contributed by atoms with van der Waals surface area (Å²) in [7, 11) is 0. The maximum atomic E-state index is 4.12. The van der Waals surface area contributed by atoms with Gasteiger partial charge in [0.15, 0.2) is 0 Å². The Kier molecular flexibility index (Phi) is 4.81. The Morgan fingerprint density at radius 2 is 1.60 bits per heavy atom. The van der Waals surface area contributed by atoms with Crippen LogP contribution in [0.2, 0.25) is 0 Å². The van der Waals surface area contributed by atoms with Crippen LogP contribution in [-0.4, -0.2) is 9.97 Å². The van der Waals surface area contributed by atoms with Crippen LogP contribution in [-0.2, 0) is 0 Å². The van der Waals surface area contributed by atoms with E-state index in [2.05, 4.69) is 16.5 Å². The number of aromatic nitrogens is 2. The molecule has 0 aliphatic heterocycles. The van der Waals surface area contributed by atoms with Crippen molar-refractivity contribution in [2.75, 3.05) is 0 Å². The van der Waals surface area contributed by atoms with Crippen molar-refractivity contribution >= 4 is 11.0 Å². The van der Waals surface area contributed by atoms with Gasteiger partial charge in [0.2, 0.25) is 0 Å². The summed E-state index contributed by atoms with van der Waals surface area (Å²) in [4.78, 5) is 8.24. The minimum absolute atomic E-state index is 0.949. The lowest BCUT2D eigenvalue weighted by molar-refractivity contribution is 1.29. The summed E-state index contributed by atoms with van der Waals surface area (Å²) in [6, 6.07) is 7.80. The zero-order valence-electron chi connectivity index (χ0n) is 8.80. The quantitative estimate of drug-likeness (QED) is 0.656. The molecule has 0 atom stereocenters. The molecule has 2 rings (SSSR count). The summed E-state index contributed by atoms with van der Waals surface area (Å²) in [5.74, 6) is 0. The van der Waals surface area contributed by atoms with Gasteiger partial charge in [0.25, 0.3) is 0 Å². The van der Waals surface area contributed by atoms with Crippen molar-refractivity contribution < 1.29 is 0 Å². The maximum Gasteiger partial charge on any atom is 0.0886 e. The number of benzene rings is 1. The molecule has 0 radical (unpaired) electrons. The van der Waals surface area contributed by atoms with E-state index in [0.717, 1.165) is 11.0 Å². The molecule has 0 saturated heterocycles. The van der Waals surface area contributed by atoms with Crippen LogP contribution < -0.4 is 0 Å². The third kappa shape index (κ3) is 3.73. The Morgan fingerprint density at radius 1 is 1.07 bits per heavy atom. The molecule has 76 valence electrons. The number of allylic oxidation sites excluding steroid dienone is 3. The van der Waals surface area contributed by atoms with Crippen molar-refractivity contribution in [2.24, 2.45) is 0 Å². The Hall–Kier alpha value is -1.96. The van der Waals surface area contributed by atoms with E-state index in [9.17, 15) is 0 Å². The molecule has 0 bridgehead atoms. The predicted molar refractivity (Wildman–Crippen MR) is 64.5 cm³/mol. The van der Waals surface area contributed by atoms with E-state index in [-0.39, 0.29) is 0 Å². The topological polar surface area (TPSA) is 25.8 Å². The number of rotatable bonds is 1. The van der Waals surface area contributed by atoms with Crippen molar-refractivity contribution in [3.05, 3.63) is 61.5 Å². The molecule has 2 heteroatoms. The van der Waals surface area contributed by atoms with Crippen molar-refractivity contribution in [3.8, 4) is 0 Å². The van der Waals surface area contributed by atoms with Crippen molar-refractivity contribution in [3.63, 3.8) is 0 Å². The van der Waals surface area contributed by atoms with Crippen LogP contribution in [0.3, 0.4) is 0 Å². The van der Waals surface area contributed by atoms with Gasteiger partial charge in [-0.25, -0.2) is 0 Å². The fourth-order valence-electron chi connectivity index (χ4n) is 1.05. The van der Waals surface area contributed by atoms with Crippen LogP contribution in [0.1, 0.15) is 6.92 Å². The maximum absolute atomic E-state index is 4.12. The van der Waals surface area contributed by atoms with Crippen LogP contribution >= 0.6 is 0 Å². The minimum atomic E-state index is 0.949. The van der Waals surface area contributed by atoms with Gasteiger partial charge in [-0.3, -0.25) is 9.97 Å². The Morgan fingerprint density at radius 3 is 1.93 bits per heavy atom. The Balaban J connectivity index is 0.000000195. The van der Waals surface area contributed by atoms with E-state index in [1.165, 1.54) is 0 Å². The monoisotopic (exact) mass is 198 g/mol. The van der Waals surface area contributed by atoms with Crippen molar-refractivity contribution in [1.29, 1.82) is 0 Å². The van der Waals surface area contributed by atoms with E-state index in [1.54, 1.807) is 18.5 Å². The number of hydrogen-bond acceptors (Lipinski definition) is 2. The van der Waals surface area contributed by atoms with E-state index >= 15 is 0 Å². The van der Waals surface area contributed by atoms with E-state index in [1.807, 2.05) is 43.3 Å². The lowest BCUT2D eigenvalue weighted by atomic mass is 10.3. The molecule has 0 aliphatic rings. The molecule has 0 amide bonds. The normalized spacial score (nSPS) is 9.67. The second kappa shape index (κ2) is 6.49. The van der Waals surface area contributed by atoms with Crippen LogP contribution in [0.5, 0.6) is 0 Å². The first kappa shape index (κ1) is 11.1. The first-order valence-electron chi connectivity index (χ1n) is 4.78. The van der Waals surface area contributed by atoms with Gasteiger partial charge >= 0.3 is 0 Å². The first-order chi connectivity index (χ1) is 7.38. The molecular formula is C13H14N2. The van der Waals surface area contributed by atoms with Crippen LogP contribution in [0.15, 0.2) is 61.5 Å². The van der Waals surface area contributed by atoms with Crippen LogP contribution in [0, 0.1) is 0 Å². The lowest BCUT2D eigenvalue weighted by Crippen LogP contribution is -1.78. The Bertz CT molecular complexity index is 381. The molecule has 2 aromatic rings. The second-order valence-electron chi connectivity index (χ2n) is 2.81. The molecule has 0 saturated carbocycles. The summed E-state index contributed by atoms with van der Waals surface area (Å²) in [5, 5.41) is 0. The fourth-order valence-corrected chi connectivity index (χ4v) is 1.05. The van der Waals surface area contributed by atoms with E-state index in [0.29, 0.717) is 0 Å². The SMILES string of the molecule is C=CC=CC.c1ccc2nccnc2c1. The summed E-state index contributed by atoms with van der Waals surface area (Å²) < 4.78 is 0. The molecule has 1 heterocycles. The number of para-hydroxylation sites is 2. The zero-order valence-corrected chi connectivity index (χ0v) is 8.80. The predicted octanol–water partition coefficient (Wildman–Crippen LogP) is 3.38. The fraction of sp³-hybridized carbons (Fsp3) is 0.0769. The van der Waals surface area contributed by atoms with Gasteiger partial charge in [0.05, 0.1) is 11.0 Å². The molecule has 0 N–H and O–H groups in total. The van der Waals surface area contributed by atoms with E-state index < -0.39 is 0 Å². The van der Waals surface area contributed by atoms with E-state index in [4.69, 9.17) is 0 Å². The highest BCUT2D eigenvalue weighted by Gasteiger charge is 1.88. The largest absolute Gasteiger partial charge is 0.253 e. The first-order valence-corrected chi connectivity index (χ1v) is 4.78. The molecule has 0 unspecified atom stereocenters. The molecule has 0 fully saturated rings. The van der Waals surface area contributed by atoms with Gasteiger partial charge in [-0.1, -0.05) is 36.9 Å². The van der Waals surface area contributed by atoms with Crippen molar-refractivity contribution in [2.45, 2.75) is 6.92 Å². The third-order valence-electron chi connectivity index (χ3n) is 1.70. The lowest BCUT2D eigenvalue weighted by Gasteiger charge is -1.90. The minimum Gasteiger partial charge on any atom is -0.253 e. The van der Waals surface area contributed by atoms with Gasteiger partial charge in [-0.15, -0.1) is 0 Å². The Labute approximate surface area is 90.0 Å². The average molecular weight is 198 g/mol. The van der Waals surface area contributed by atoms with Crippen LogP contribution in [0.25, 0.3) is 11.0 Å². The molecular weight excluding hydrogens is 184 g/mol. The van der Waals surface area contributed by atoms with Gasteiger partial charge in [0, 0.05) is 12.4 Å². The molecule has 0 aliphatic carbocycles. The number of nitrogens with zero attached hydrogens (tertiary/aromatic N) is 2. The van der Waals surface area contributed by atoms with Gasteiger partial charge < -0.3 is 0 Å². The molecule has 1 aromatic heterocycles. The summed E-state index contributed by atoms with van der Waals surface area (Å²) in [6.07, 6.45) is 8.97. The van der Waals surface area contributed by atoms with Crippen LogP contribution in [0.4, 0.5) is 0 Å². The molecule has 15 heavy (non-hydrogen) atoms. The van der Waals surface area contributed by atoms with Gasteiger partial charge in [-0.05, 0) is 19.1 Å². The molecule has 1 aromatic carbocycles.